The highest BCUT2D eigenvalue weighted by atomic mass is 32.2. The van der Waals surface area contributed by atoms with Crippen molar-refractivity contribution >= 4 is 16.0 Å². The molecule has 0 saturated carbocycles. The normalized spacial score (nSPS) is 22.6. The molecule has 6 heteroatoms. The highest BCUT2D eigenvalue weighted by molar-refractivity contribution is 7.89. The minimum absolute atomic E-state index is 0.132. The maximum absolute atomic E-state index is 12.9. The summed E-state index contributed by atoms with van der Waals surface area (Å²) >= 11 is 0. The minimum Gasteiger partial charge on any atom is -0.460 e. The summed E-state index contributed by atoms with van der Waals surface area (Å²) in [6.45, 7) is 9.83. The van der Waals surface area contributed by atoms with Gasteiger partial charge >= 0.3 is 5.97 Å². The van der Waals surface area contributed by atoms with E-state index in [4.69, 9.17) is 4.74 Å². The first-order valence-corrected chi connectivity index (χ1v) is 10.2. The van der Waals surface area contributed by atoms with Crippen LogP contribution < -0.4 is 0 Å². The van der Waals surface area contributed by atoms with Gasteiger partial charge in [-0.15, -0.1) is 0 Å². The lowest BCUT2D eigenvalue weighted by Gasteiger charge is -2.36. The Morgan fingerprint density at radius 2 is 1.84 bits per heavy atom. The number of carbonyl (C=O) groups is 1. The second-order valence-corrected chi connectivity index (χ2v) is 9.85. The van der Waals surface area contributed by atoms with Crippen LogP contribution in [0.5, 0.6) is 0 Å². The first kappa shape index (κ1) is 19.9. The van der Waals surface area contributed by atoms with E-state index in [0.717, 1.165) is 5.56 Å². The van der Waals surface area contributed by atoms with E-state index in [2.05, 4.69) is 0 Å². The van der Waals surface area contributed by atoms with Crippen LogP contribution in [0.1, 0.15) is 52.5 Å². The monoisotopic (exact) mass is 367 g/mol. The van der Waals surface area contributed by atoms with Crippen molar-refractivity contribution in [3.05, 3.63) is 29.8 Å². The Kier molecular flexibility index (Phi) is 5.94. The van der Waals surface area contributed by atoms with Gasteiger partial charge in [-0.05, 0) is 65.5 Å². The van der Waals surface area contributed by atoms with Crippen LogP contribution in [-0.4, -0.2) is 36.9 Å². The van der Waals surface area contributed by atoms with E-state index >= 15 is 0 Å². The molecule has 1 fully saturated rings. The van der Waals surface area contributed by atoms with Crippen molar-refractivity contribution in [1.29, 1.82) is 0 Å². The van der Waals surface area contributed by atoms with Gasteiger partial charge in [-0.3, -0.25) is 4.79 Å². The average Bonchev–Trinajstić information content (AvgIpc) is 2.45. The average molecular weight is 368 g/mol. The summed E-state index contributed by atoms with van der Waals surface area (Å²) in [7, 11) is -3.49. The number of benzene rings is 1. The number of sulfonamides is 1. The minimum atomic E-state index is -3.49. The Labute approximate surface area is 151 Å². The SMILES string of the molecule is Cc1ccc(S(=O)(=O)N2CC[C@H](CC(=O)OC(C)(C)C)C[C@@H]2C)cc1. The van der Waals surface area contributed by atoms with E-state index in [0.29, 0.717) is 30.7 Å². The number of hydrogen-bond donors (Lipinski definition) is 0. The van der Waals surface area contributed by atoms with E-state index in [1.54, 1.807) is 16.4 Å². The quantitative estimate of drug-likeness (QED) is 0.764. The molecule has 2 rings (SSSR count). The lowest BCUT2D eigenvalue weighted by molar-refractivity contribution is -0.156. The highest BCUT2D eigenvalue weighted by Gasteiger charge is 2.35. The molecule has 1 aliphatic heterocycles. The van der Waals surface area contributed by atoms with Gasteiger partial charge in [0.25, 0.3) is 0 Å². The maximum Gasteiger partial charge on any atom is 0.306 e. The lowest BCUT2D eigenvalue weighted by atomic mass is 9.90. The zero-order chi connectivity index (χ0) is 18.8. The van der Waals surface area contributed by atoms with Crippen molar-refractivity contribution in [3.8, 4) is 0 Å². The van der Waals surface area contributed by atoms with Gasteiger partial charge in [-0.2, -0.15) is 4.31 Å². The molecule has 1 aromatic carbocycles. The number of rotatable bonds is 4. The van der Waals surface area contributed by atoms with Crippen molar-refractivity contribution in [2.75, 3.05) is 6.54 Å². The molecule has 0 amide bonds. The summed E-state index contributed by atoms with van der Waals surface area (Å²) in [5.41, 5.74) is 0.543. The summed E-state index contributed by atoms with van der Waals surface area (Å²) < 4.78 is 32.7. The topological polar surface area (TPSA) is 63.7 Å². The van der Waals surface area contributed by atoms with Crippen molar-refractivity contribution < 1.29 is 17.9 Å². The largest absolute Gasteiger partial charge is 0.460 e. The standard InChI is InChI=1S/C19H29NO4S/c1-14-6-8-17(9-7-14)25(22,23)20-11-10-16(12-15(20)2)13-18(21)24-19(3,4)5/h6-9,15-16H,10-13H2,1-5H3/t15-,16-/m0/s1. The van der Waals surface area contributed by atoms with Crippen LogP contribution in [-0.2, 0) is 19.6 Å². The van der Waals surface area contributed by atoms with Crippen LogP contribution in [0.25, 0.3) is 0 Å². The van der Waals surface area contributed by atoms with Crippen LogP contribution in [0, 0.1) is 12.8 Å². The second-order valence-electron chi connectivity index (χ2n) is 7.96. The molecule has 2 atom stereocenters. The number of hydrogen-bond acceptors (Lipinski definition) is 4. The predicted molar refractivity (Wildman–Crippen MR) is 97.7 cm³/mol. The van der Waals surface area contributed by atoms with Crippen LogP contribution in [0.3, 0.4) is 0 Å². The fraction of sp³-hybridized carbons (Fsp3) is 0.632. The first-order valence-electron chi connectivity index (χ1n) is 8.79. The van der Waals surface area contributed by atoms with Gasteiger partial charge in [-0.1, -0.05) is 17.7 Å². The molecule has 1 aliphatic rings. The predicted octanol–water partition coefficient (Wildman–Crippen LogP) is 3.52. The fourth-order valence-corrected chi connectivity index (χ4v) is 4.91. The lowest BCUT2D eigenvalue weighted by Crippen LogP contribution is -2.45. The van der Waals surface area contributed by atoms with E-state index in [1.807, 2.05) is 46.8 Å². The molecule has 140 valence electrons. The Morgan fingerprint density at radius 3 is 2.36 bits per heavy atom. The Bertz CT molecular complexity index is 704. The van der Waals surface area contributed by atoms with Crippen LogP contribution in [0.4, 0.5) is 0 Å². The van der Waals surface area contributed by atoms with Gasteiger partial charge in [0.15, 0.2) is 0 Å². The van der Waals surface area contributed by atoms with Crippen LogP contribution >= 0.6 is 0 Å². The molecule has 25 heavy (non-hydrogen) atoms. The summed E-state index contributed by atoms with van der Waals surface area (Å²) in [6, 6.07) is 6.81. The van der Waals surface area contributed by atoms with Gasteiger partial charge in [0, 0.05) is 19.0 Å². The first-order chi connectivity index (χ1) is 11.5. The summed E-state index contributed by atoms with van der Waals surface area (Å²) in [4.78, 5) is 12.3. The Hall–Kier alpha value is -1.40. The third kappa shape index (κ3) is 5.28. The molecule has 0 radical (unpaired) electrons. The third-order valence-electron chi connectivity index (χ3n) is 4.43. The molecule has 5 nitrogen and oxygen atoms in total. The van der Waals surface area contributed by atoms with Crippen LogP contribution in [0.2, 0.25) is 0 Å². The third-order valence-corrected chi connectivity index (χ3v) is 6.45. The number of ether oxygens (including phenoxy) is 1. The van der Waals surface area contributed by atoms with Gasteiger partial charge in [-0.25, -0.2) is 8.42 Å². The Balaban J connectivity index is 2.01. The van der Waals surface area contributed by atoms with E-state index in [1.165, 1.54) is 0 Å². The second kappa shape index (κ2) is 7.46. The smallest absolute Gasteiger partial charge is 0.306 e. The molecular weight excluding hydrogens is 338 g/mol. The van der Waals surface area contributed by atoms with Crippen molar-refractivity contribution in [1.82, 2.24) is 4.31 Å². The molecule has 0 N–H and O–H groups in total. The molecule has 0 aliphatic carbocycles. The van der Waals surface area contributed by atoms with Crippen molar-refractivity contribution in [2.24, 2.45) is 5.92 Å². The molecule has 0 unspecified atom stereocenters. The Morgan fingerprint density at radius 1 is 1.24 bits per heavy atom. The molecule has 0 spiro atoms. The van der Waals surface area contributed by atoms with E-state index in [9.17, 15) is 13.2 Å². The van der Waals surface area contributed by atoms with Gasteiger partial charge in [0.1, 0.15) is 5.60 Å². The highest BCUT2D eigenvalue weighted by Crippen LogP contribution is 2.30. The number of nitrogens with zero attached hydrogens (tertiary/aromatic N) is 1. The molecule has 1 aromatic rings. The number of aryl methyl sites for hydroxylation is 1. The molecular formula is C19H29NO4S. The summed E-state index contributed by atoms with van der Waals surface area (Å²) in [5.74, 6) is -0.0474. The molecule has 1 heterocycles. The molecule has 1 saturated heterocycles. The van der Waals surface area contributed by atoms with Gasteiger partial charge in [0.05, 0.1) is 4.90 Å². The van der Waals surface area contributed by atoms with Crippen molar-refractivity contribution in [3.63, 3.8) is 0 Å². The summed E-state index contributed by atoms with van der Waals surface area (Å²) in [5, 5.41) is 0. The van der Waals surface area contributed by atoms with E-state index in [-0.39, 0.29) is 17.9 Å². The zero-order valence-electron chi connectivity index (χ0n) is 15.8. The summed E-state index contributed by atoms with van der Waals surface area (Å²) in [6.07, 6.45) is 1.69. The number of piperidine rings is 1. The maximum atomic E-state index is 12.9. The zero-order valence-corrected chi connectivity index (χ0v) is 16.6. The van der Waals surface area contributed by atoms with Gasteiger partial charge < -0.3 is 4.74 Å². The van der Waals surface area contributed by atoms with E-state index < -0.39 is 15.6 Å². The fourth-order valence-electron chi connectivity index (χ4n) is 3.26. The van der Waals surface area contributed by atoms with Crippen LogP contribution in [0.15, 0.2) is 29.2 Å². The molecule has 0 aromatic heterocycles. The molecule has 0 bridgehead atoms. The number of esters is 1. The van der Waals surface area contributed by atoms with Gasteiger partial charge in [0.2, 0.25) is 10.0 Å². The van der Waals surface area contributed by atoms with Crippen molar-refractivity contribution in [2.45, 2.75) is 70.4 Å². The number of carbonyl (C=O) groups excluding carboxylic acids is 1.